The molecule has 2 heterocycles. The average molecular weight is 475 g/mol. The predicted octanol–water partition coefficient (Wildman–Crippen LogP) is 5.39. The van der Waals surface area contributed by atoms with Crippen LogP contribution in [0.5, 0.6) is 5.75 Å². The normalized spacial score (nSPS) is 27.7. The van der Waals surface area contributed by atoms with Crippen LogP contribution in [0, 0.1) is 50.2 Å². The second kappa shape index (κ2) is 8.54. The fourth-order valence-electron chi connectivity index (χ4n) is 5.41. The molecule has 2 aliphatic rings. The number of fused-ring (bicyclic) bond motifs is 2. The Hall–Kier alpha value is -4.64. The zero-order valence-electron chi connectivity index (χ0n) is 19.5. The molecule has 2 bridgehead atoms. The largest absolute Gasteiger partial charge is 0.489 e. The molecular weight excluding hydrogens is 452 g/mol. The van der Waals surface area contributed by atoms with Gasteiger partial charge in [-0.2, -0.15) is 15.8 Å². The van der Waals surface area contributed by atoms with Crippen LogP contribution in [0.3, 0.4) is 0 Å². The lowest BCUT2D eigenvalue weighted by atomic mass is 9.52. The van der Waals surface area contributed by atoms with E-state index in [9.17, 15) is 15.8 Å². The summed E-state index contributed by atoms with van der Waals surface area (Å²) in [5.74, 6) is -2.12. The van der Waals surface area contributed by atoms with E-state index in [1.807, 2.05) is 36.4 Å². The standard InChI is InChI=1S/C29H22N4O3/c1-27-24(21-10-6-3-7-11-21)29(19-32,26(33)36-27)28(17-30,18-31)25(35-27)22-12-14-23(15-13-22)34-16-20-8-4-2-5-9-20/h2-15,24-25,33H,16H2,1H3. The molecule has 0 radical (unpaired) electrons. The number of nitrogens with zero attached hydrogens (tertiary/aromatic N) is 3. The third-order valence-electron chi connectivity index (χ3n) is 7.08. The summed E-state index contributed by atoms with van der Waals surface area (Å²) in [5.41, 5.74) is -1.73. The molecule has 2 aliphatic heterocycles. The third kappa shape index (κ3) is 3.17. The van der Waals surface area contributed by atoms with E-state index in [1.54, 1.807) is 55.5 Å². The maximum absolute atomic E-state index is 10.5. The summed E-state index contributed by atoms with van der Waals surface area (Å²) in [6, 6.07) is 32.0. The smallest absolute Gasteiger partial charge is 0.218 e. The summed E-state index contributed by atoms with van der Waals surface area (Å²) < 4.78 is 18.1. The van der Waals surface area contributed by atoms with Gasteiger partial charge in [0.1, 0.15) is 18.5 Å². The van der Waals surface area contributed by atoms with Gasteiger partial charge in [0.15, 0.2) is 5.41 Å². The SMILES string of the molecule is CC12OC(=N)C(C#N)(C1c1ccccc1)C(C#N)(C#N)C(c1ccc(OCc3ccccc3)cc1)O2. The summed E-state index contributed by atoms with van der Waals surface area (Å²) in [6.45, 7) is 2.04. The van der Waals surface area contributed by atoms with Crippen LogP contribution in [0.2, 0.25) is 0 Å². The summed E-state index contributed by atoms with van der Waals surface area (Å²) >= 11 is 0. The quantitative estimate of drug-likeness (QED) is 0.529. The van der Waals surface area contributed by atoms with Crippen LogP contribution < -0.4 is 4.74 Å². The van der Waals surface area contributed by atoms with Gasteiger partial charge in [0.2, 0.25) is 17.1 Å². The Labute approximate surface area is 209 Å². The number of nitriles is 3. The minimum absolute atomic E-state index is 0.389. The molecule has 0 amide bonds. The lowest BCUT2D eigenvalue weighted by Gasteiger charge is -2.48. The molecule has 5 rings (SSSR count). The molecule has 0 spiro atoms. The second-order valence-electron chi connectivity index (χ2n) is 9.08. The van der Waals surface area contributed by atoms with Crippen LogP contribution in [0.1, 0.15) is 35.6 Å². The van der Waals surface area contributed by atoms with Crippen LogP contribution in [-0.2, 0) is 16.1 Å². The van der Waals surface area contributed by atoms with Crippen molar-refractivity contribution >= 4 is 5.90 Å². The Bertz CT molecular complexity index is 1410. The predicted molar refractivity (Wildman–Crippen MR) is 129 cm³/mol. The van der Waals surface area contributed by atoms with Crippen LogP contribution >= 0.6 is 0 Å². The van der Waals surface area contributed by atoms with E-state index in [4.69, 9.17) is 19.6 Å². The Morgan fingerprint density at radius 3 is 2.03 bits per heavy atom. The molecule has 36 heavy (non-hydrogen) atoms. The lowest BCUT2D eigenvalue weighted by Crippen LogP contribution is -2.57. The highest BCUT2D eigenvalue weighted by Gasteiger charge is 2.79. The Balaban J connectivity index is 1.56. The second-order valence-corrected chi connectivity index (χ2v) is 9.08. The van der Waals surface area contributed by atoms with Gasteiger partial charge in [-0.05, 0) is 28.8 Å². The summed E-state index contributed by atoms with van der Waals surface area (Å²) in [4.78, 5) is 0. The van der Waals surface area contributed by atoms with Crippen LogP contribution in [-0.4, -0.2) is 11.7 Å². The van der Waals surface area contributed by atoms with Crippen LogP contribution in [0.4, 0.5) is 0 Å². The molecule has 0 aromatic heterocycles. The molecule has 2 fully saturated rings. The first-order chi connectivity index (χ1) is 17.4. The van der Waals surface area contributed by atoms with E-state index < -0.39 is 34.5 Å². The fraction of sp³-hybridized carbons (Fsp3) is 0.241. The van der Waals surface area contributed by atoms with Gasteiger partial charge in [0.25, 0.3) is 0 Å². The first-order valence-electron chi connectivity index (χ1n) is 11.5. The highest BCUT2D eigenvalue weighted by Crippen LogP contribution is 2.69. The monoisotopic (exact) mass is 474 g/mol. The van der Waals surface area contributed by atoms with Crippen molar-refractivity contribution in [1.82, 2.24) is 0 Å². The van der Waals surface area contributed by atoms with Gasteiger partial charge in [-0.1, -0.05) is 72.8 Å². The Morgan fingerprint density at radius 2 is 1.44 bits per heavy atom. The topological polar surface area (TPSA) is 123 Å². The first-order valence-corrected chi connectivity index (χ1v) is 11.5. The third-order valence-corrected chi connectivity index (χ3v) is 7.08. The average Bonchev–Trinajstić information content (AvgIpc) is 3.11. The number of benzene rings is 3. The Kier molecular flexibility index (Phi) is 5.48. The lowest BCUT2D eigenvalue weighted by molar-refractivity contribution is -0.253. The fourth-order valence-corrected chi connectivity index (χ4v) is 5.41. The van der Waals surface area contributed by atoms with E-state index >= 15 is 0 Å². The van der Waals surface area contributed by atoms with E-state index in [-0.39, 0.29) is 0 Å². The number of nitrogens with one attached hydrogen (secondary N) is 1. The Morgan fingerprint density at radius 1 is 0.833 bits per heavy atom. The summed E-state index contributed by atoms with van der Waals surface area (Å²) in [7, 11) is 0. The van der Waals surface area contributed by atoms with Crippen molar-refractivity contribution < 1.29 is 14.2 Å². The molecule has 4 unspecified atom stereocenters. The van der Waals surface area contributed by atoms with Crippen molar-refractivity contribution in [3.05, 3.63) is 102 Å². The maximum atomic E-state index is 10.5. The van der Waals surface area contributed by atoms with E-state index in [0.717, 1.165) is 5.56 Å². The van der Waals surface area contributed by atoms with Gasteiger partial charge < -0.3 is 14.2 Å². The highest BCUT2D eigenvalue weighted by molar-refractivity contribution is 5.90. The van der Waals surface area contributed by atoms with Crippen molar-refractivity contribution in [3.63, 3.8) is 0 Å². The molecule has 3 aromatic rings. The van der Waals surface area contributed by atoms with Gasteiger partial charge in [0, 0.05) is 6.92 Å². The maximum Gasteiger partial charge on any atom is 0.218 e. The minimum Gasteiger partial charge on any atom is -0.489 e. The zero-order chi connectivity index (χ0) is 25.4. The molecule has 4 atom stereocenters. The molecule has 7 nitrogen and oxygen atoms in total. The minimum atomic E-state index is -2.04. The van der Waals surface area contributed by atoms with Crippen LogP contribution in [0.25, 0.3) is 0 Å². The van der Waals surface area contributed by atoms with Gasteiger partial charge >= 0.3 is 0 Å². The summed E-state index contributed by atoms with van der Waals surface area (Å²) in [6.07, 6.45) is -1.14. The van der Waals surface area contributed by atoms with Crippen molar-refractivity contribution in [2.24, 2.45) is 10.8 Å². The molecule has 176 valence electrons. The number of hydrogen-bond donors (Lipinski definition) is 1. The number of rotatable bonds is 5. The molecule has 1 N–H and O–H groups in total. The van der Waals surface area contributed by atoms with Gasteiger partial charge in [-0.3, -0.25) is 5.41 Å². The van der Waals surface area contributed by atoms with E-state index in [0.29, 0.717) is 23.5 Å². The first kappa shape index (κ1) is 23.1. The van der Waals surface area contributed by atoms with Gasteiger partial charge in [0.05, 0.1) is 24.1 Å². The zero-order valence-corrected chi connectivity index (χ0v) is 19.5. The highest BCUT2D eigenvalue weighted by atomic mass is 16.7. The van der Waals surface area contributed by atoms with Crippen LogP contribution in [0.15, 0.2) is 84.9 Å². The number of ether oxygens (including phenoxy) is 3. The van der Waals surface area contributed by atoms with Crippen molar-refractivity contribution in [2.75, 3.05) is 0 Å². The van der Waals surface area contributed by atoms with Crippen molar-refractivity contribution in [1.29, 1.82) is 21.2 Å². The molecule has 3 aromatic carbocycles. The van der Waals surface area contributed by atoms with Gasteiger partial charge in [-0.15, -0.1) is 0 Å². The van der Waals surface area contributed by atoms with Crippen molar-refractivity contribution in [3.8, 4) is 24.0 Å². The molecule has 2 saturated heterocycles. The summed E-state index contributed by atoms with van der Waals surface area (Å²) in [5, 5.41) is 40.1. The van der Waals surface area contributed by atoms with E-state index in [2.05, 4.69) is 18.2 Å². The molecular formula is C29H22N4O3. The van der Waals surface area contributed by atoms with Gasteiger partial charge in [-0.25, -0.2) is 0 Å². The molecule has 7 heteroatoms. The number of hydrogen-bond acceptors (Lipinski definition) is 7. The molecule has 0 saturated carbocycles. The molecule has 0 aliphatic carbocycles. The van der Waals surface area contributed by atoms with E-state index in [1.165, 1.54) is 0 Å². The van der Waals surface area contributed by atoms with Crippen molar-refractivity contribution in [2.45, 2.75) is 31.3 Å².